The highest BCUT2D eigenvalue weighted by atomic mass is 28.4. The lowest BCUT2D eigenvalue weighted by Gasteiger charge is -2.36. The first-order valence-electron chi connectivity index (χ1n) is 8.41. The topological polar surface area (TPSA) is 22.1 Å². The summed E-state index contributed by atoms with van der Waals surface area (Å²) in [6.45, 7) is 11.3. The Labute approximate surface area is 145 Å². The minimum atomic E-state index is -1.79. The fraction of sp³-hybridized carbons (Fsp3) is 0.286. The first-order valence-corrected chi connectivity index (χ1v) is 11.3. The van der Waals surface area contributed by atoms with Crippen LogP contribution in [-0.2, 0) is 0 Å². The van der Waals surface area contributed by atoms with Gasteiger partial charge in [-0.25, -0.2) is 4.98 Å². The lowest BCUT2D eigenvalue weighted by atomic mass is 10.1. The van der Waals surface area contributed by atoms with Crippen molar-refractivity contribution >= 4 is 19.2 Å². The maximum absolute atomic E-state index is 6.35. The quantitative estimate of drug-likeness (QED) is 0.525. The highest BCUT2D eigenvalue weighted by molar-refractivity contribution is 6.74. The second-order valence-electron chi connectivity index (χ2n) is 7.78. The summed E-state index contributed by atoms with van der Waals surface area (Å²) in [5, 5.41) is 1.37. The van der Waals surface area contributed by atoms with Gasteiger partial charge < -0.3 is 4.43 Å². The molecule has 1 heterocycles. The van der Waals surface area contributed by atoms with Gasteiger partial charge in [0.1, 0.15) is 5.75 Å². The van der Waals surface area contributed by atoms with Crippen LogP contribution in [0.25, 0.3) is 22.2 Å². The number of rotatable bonds is 3. The molecular formula is C21H25NOSi. The van der Waals surface area contributed by atoms with E-state index in [1.807, 2.05) is 18.2 Å². The van der Waals surface area contributed by atoms with Gasteiger partial charge in [0, 0.05) is 10.9 Å². The van der Waals surface area contributed by atoms with Gasteiger partial charge in [-0.2, -0.15) is 0 Å². The highest BCUT2D eigenvalue weighted by Gasteiger charge is 2.38. The van der Waals surface area contributed by atoms with Crippen LogP contribution >= 0.6 is 0 Å². The van der Waals surface area contributed by atoms with Gasteiger partial charge in [-0.1, -0.05) is 45.0 Å². The van der Waals surface area contributed by atoms with E-state index in [1.54, 1.807) is 0 Å². The third-order valence-corrected chi connectivity index (χ3v) is 9.29. The Hall–Kier alpha value is -2.13. The molecule has 0 bridgehead atoms. The number of pyridine rings is 1. The maximum Gasteiger partial charge on any atom is 0.250 e. The standard InChI is InChI=1S/C21H25NOSi/c1-21(2,3)24(4,5)23-18-13-10-17(11-14-18)20-15-12-16-8-6-7-9-19(16)22-20/h6-15H,1-5H3. The molecule has 0 aliphatic heterocycles. The Morgan fingerprint density at radius 3 is 2.17 bits per heavy atom. The van der Waals surface area contributed by atoms with Crippen molar-refractivity contribution in [2.75, 3.05) is 0 Å². The van der Waals surface area contributed by atoms with Crippen molar-refractivity contribution in [1.82, 2.24) is 4.98 Å². The third kappa shape index (κ3) is 3.36. The predicted molar refractivity (Wildman–Crippen MR) is 105 cm³/mol. The zero-order valence-electron chi connectivity index (χ0n) is 15.1. The van der Waals surface area contributed by atoms with Crippen LogP contribution in [0.15, 0.2) is 60.7 Å². The molecule has 0 fully saturated rings. The van der Waals surface area contributed by atoms with Gasteiger partial charge in [0.2, 0.25) is 8.32 Å². The van der Waals surface area contributed by atoms with E-state index in [4.69, 9.17) is 9.41 Å². The van der Waals surface area contributed by atoms with E-state index < -0.39 is 8.32 Å². The van der Waals surface area contributed by atoms with E-state index in [9.17, 15) is 0 Å². The number of hydrogen-bond acceptors (Lipinski definition) is 2. The van der Waals surface area contributed by atoms with Crippen molar-refractivity contribution in [3.05, 3.63) is 60.7 Å². The van der Waals surface area contributed by atoms with Gasteiger partial charge in [-0.3, -0.25) is 0 Å². The fourth-order valence-corrected chi connectivity index (χ4v) is 3.40. The average molecular weight is 336 g/mol. The number of para-hydroxylation sites is 1. The molecule has 124 valence electrons. The number of fused-ring (bicyclic) bond motifs is 1. The second-order valence-corrected chi connectivity index (χ2v) is 12.5. The first kappa shape index (κ1) is 16.7. The summed E-state index contributed by atoms with van der Waals surface area (Å²) >= 11 is 0. The van der Waals surface area contributed by atoms with Crippen LogP contribution in [0.2, 0.25) is 18.1 Å². The van der Waals surface area contributed by atoms with Crippen molar-refractivity contribution in [2.45, 2.75) is 38.9 Å². The summed E-state index contributed by atoms with van der Waals surface area (Å²) in [6.07, 6.45) is 0. The average Bonchev–Trinajstić information content (AvgIpc) is 2.54. The van der Waals surface area contributed by atoms with Crippen molar-refractivity contribution in [1.29, 1.82) is 0 Å². The van der Waals surface area contributed by atoms with Crippen LogP contribution < -0.4 is 4.43 Å². The molecule has 0 saturated heterocycles. The highest BCUT2D eigenvalue weighted by Crippen LogP contribution is 2.37. The Balaban J connectivity index is 1.86. The van der Waals surface area contributed by atoms with Crippen molar-refractivity contribution in [3.8, 4) is 17.0 Å². The Morgan fingerprint density at radius 1 is 0.833 bits per heavy atom. The molecule has 0 N–H and O–H groups in total. The lowest BCUT2D eigenvalue weighted by Crippen LogP contribution is -2.43. The molecule has 3 rings (SSSR count). The monoisotopic (exact) mass is 335 g/mol. The third-order valence-electron chi connectivity index (χ3n) is 4.93. The summed E-state index contributed by atoms with van der Waals surface area (Å²) in [5.41, 5.74) is 3.13. The molecule has 0 aliphatic carbocycles. The number of benzene rings is 2. The van der Waals surface area contributed by atoms with E-state index in [1.165, 1.54) is 5.39 Å². The van der Waals surface area contributed by atoms with Gasteiger partial charge in [-0.05, 0) is 54.5 Å². The predicted octanol–water partition coefficient (Wildman–Crippen LogP) is 6.29. The molecule has 24 heavy (non-hydrogen) atoms. The molecule has 1 aromatic heterocycles. The van der Waals surface area contributed by atoms with Crippen LogP contribution in [0.4, 0.5) is 0 Å². The van der Waals surface area contributed by atoms with Gasteiger partial charge >= 0.3 is 0 Å². The Morgan fingerprint density at radius 2 is 1.50 bits per heavy atom. The summed E-state index contributed by atoms with van der Waals surface area (Å²) < 4.78 is 6.35. The van der Waals surface area contributed by atoms with Crippen LogP contribution in [-0.4, -0.2) is 13.3 Å². The van der Waals surface area contributed by atoms with Gasteiger partial charge in [-0.15, -0.1) is 0 Å². The SMILES string of the molecule is CC(C)(C)[Si](C)(C)Oc1ccc(-c2ccc3ccccc3n2)cc1. The van der Waals surface area contributed by atoms with Crippen LogP contribution in [0.5, 0.6) is 5.75 Å². The molecule has 0 spiro atoms. The first-order chi connectivity index (χ1) is 11.3. The van der Waals surface area contributed by atoms with E-state index in [-0.39, 0.29) is 5.04 Å². The number of aromatic nitrogens is 1. The molecule has 3 heteroatoms. The smallest absolute Gasteiger partial charge is 0.250 e. The molecular weight excluding hydrogens is 310 g/mol. The van der Waals surface area contributed by atoms with Crippen molar-refractivity contribution < 1.29 is 4.43 Å². The lowest BCUT2D eigenvalue weighted by molar-refractivity contribution is 0.492. The van der Waals surface area contributed by atoms with Gasteiger partial charge in [0.05, 0.1) is 11.2 Å². The van der Waals surface area contributed by atoms with E-state index >= 15 is 0 Å². The van der Waals surface area contributed by atoms with E-state index in [0.717, 1.165) is 22.5 Å². The normalized spacial score (nSPS) is 12.4. The summed E-state index contributed by atoms with van der Waals surface area (Å²) in [4.78, 5) is 4.76. The Kier molecular flexibility index (Phi) is 4.22. The van der Waals surface area contributed by atoms with Crippen molar-refractivity contribution in [2.24, 2.45) is 0 Å². The van der Waals surface area contributed by atoms with E-state index in [2.05, 4.69) is 76.3 Å². The van der Waals surface area contributed by atoms with Gasteiger partial charge in [0.25, 0.3) is 0 Å². The van der Waals surface area contributed by atoms with Crippen molar-refractivity contribution in [3.63, 3.8) is 0 Å². The fourth-order valence-electron chi connectivity index (χ4n) is 2.37. The molecule has 0 atom stereocenters. The Bertz CT molecular complexity index is 848. The van der Waals surface area contributed by atoms with Crippen LogP contribution in [0, 0.1) is 0 Å². The molecule has 0 saturated carbocycles. The summed E-state index contributed by atoms with van der Waals surface area (Å²) in [7, 11) is -1.79. The van der Waals surface area contributed by atoms with Crippen LogP contribution in [0.3, 0.4) is 0 Å². The molecule has 2 nitrogen and oxygen atoms in total. The molecule has 0 aliphatic rings. The van der Waals surface area contributed by atoms with E-state index in [0.29, 0.717) is 0 Å². The minimum Gasteiger partial charge on any atom is -0.544 e. The number of nitrogens with zero attached hydrogens (tertiary/aromatic N) is 1. The molecule has 2 aromatic carbocycles. The second kappa shape index (κ2) is 6.06. The summed E-state index contributed by atoms with van der Waals surface area (Å²) in [6, 6.07) is 20.7. The van der Waals surface area contributed by atoms with Gasteiger partial charge in [0.15, 0.2) is 0 Å². The minimum absolute atomic E-state index is 0.200. The van der Waals surface area contributed by atoms with Crippen LogP contribution in [0.1, 0.15) is 20.8 Å². The number of hydrogen-bond donors (Lipinski definition) is 0. The zero-order valence-corrected chi connectivity index (χ0v) is 16.1. The molecule has 3 aromatic rings. The molecule has 0 radical (unpaired) electrons. The molecule has 0 amide bonds. The molecule has 0 unspecified atom stereocenters. The largest absolute Gasteiger partial charge is 0.544 e. The zero-order chi connectivity index (χ0) is 17.4. The maximum atomic E-state index is 6.35. The summed E-state index contributed by atoms with van der Waals surface area (Å²) in [5.74, 6) is 0.950.